The van der Waals surface area contributed by atoms with Gasteiger partial charge in [-0.3, -0.25) is 0 Å². The number of hydrogen-bond donors (Lipinski definition) is 1. The molecule has 0 amide bonds. The smallest absolute Gasteiger partial charge is 0.0781 e. The summed E-state index contributed by atoms with van der Waals surface area (Å²) in [6, 6.07) is 15.2. The van der Waals surface area contributed by atoms with E-state index in [4.69, 9.17) is 9.47 Å². The lowest BCUT2D eigenvalue weighted by atomic mass is 10.0. The minimum Gasteiger partial charge on any atom is -0.382 e. The number of rotatable bonds is 8. The van der Waals surface area contributed by atoms with Crippen molar-refractivity contribution in [3.63, 3.8) is 0 Å². The maximum atomic E-state index is 5.88. The normalized spacial score (nSPS) is 14.2. The van der Waals surface area contributed by atoms with E-state index in [1.54, 1.807) is 7.11 Å². The molecule has 2 atom stereocenters. The van der Waals surface area contributed by atoms with E-state index in [0.717, 1.165) is 6.54 Å². The van der Waals surface area contributed by atoms with Crippen LogP contribution in [-0.4, -0.2) is 33.0 Å². The maximum absolute atomic E-state index is 5.88. The number of ether oxygens (including phenoxy) is 2. The average Bonchev–Trinajstić information content (AvgIpc) is 2.51. The summed E-state index contributed by atoms with van der Waals surface area (Å²) in [5.41, 5.74) is 1.26. The molecule has 0 bridgehead atoms. The van der Waals surface area contributed by atoms with Gasteiger partial charge >= 0.3 is 0 Å². The molecule has 0 radical (unpaired) electrons. The zero-order valence-corrected chi connectivity index (χ0v) is 13.1. The number of hydrogen-bond acceptors (Lipinski definition) is 3. The zero-order chi connectivity index (χ0) is 15.1. The second-order valence-electron chi connectivity index (χ2n) is 5.32. The molecule has 2 rings (SSSR count). The Balaban J connectivity index is 2.11. The monoisotopic (exact) mass is 287 g/mol. The van der Waals surface area contributed by atoms with Crippen LogP contribution in [0.2, 0.25) is 0 Å². The van der Waals surface area contributed by atoms with Gasteiger partial charge in [0.2, 0.25) is 0 Å². The van der Waals surface area contributed by atoms with Crippen molar-refractivity contribution in [2.45, 2.75) is 26.0 Å². The fourth-order valence-electron chi connectivity index (χ4n) is 2.49. The van der Waals surface area contributed by atoms with Crippen LogP contribution in [0.25, 0.3) is 10.8 Å². The highest BCUT2D eigenvalue weighted by atomic mass is 16.5. The van der Waals surface area contributed by atoms with Crippen molar-refractivity contribution in [3.05, 3.63) is 48.0 Å². The van der Waals surface area contributed by atoms with Crippen molar-refractivity contribution in [3.8, 4) is 0 Å². The molecule has 0 heterocycles. The first kappa shape index (κ1) is 16.0. The molecule has 3 heteroatoms. The molecule has 0 aliphatic carbocycles. The van der Waals surface area contributed by atoms with Gasteiger partial charge in [-0.2, -0.15) is 0 Å². The third-order valence-corrected chi connectivity index (χ3v) is 3.58. The highest BCUT2D eigenvalue weighted by molar-refractivity contribution is 5.83. The van der Waals surface area contributed by atoms with Crippen molar-refractivity contribution in [1.82, 2.24) is 5.32 Å². The van der Waals surface area contributed by atoms with Crippen LogP contribution < -0.4 is 5.32 Å². The predicted octanol–water partition coefficient (Wildman–Crippen LogP) is 3.54. The second kappa shape index (κ2) is 8.13. The molecule has 114 valence electrons. The molecule has 2 unspecified atom stereocenters. The van der Waals surface area contributed by atoms with Crippen LogP contribution >= 0.6 is 0 Å². The highest BCUT2D eigenvalue weighted by Gasteiger charge is 2.13. The molecule has 0 fully saturated rings. The van der Waals surface area contributed by atoms with Gasteiger partial charge in [0.05, 0.1) is 25.4 Å². The molecule has 0 saturated carbocycles. The summed E-state index contributed by atoms with van der Waals surface area (Å²) in [5.74, 6) is 0. The van der Waals surface area contributed by atoms with Crippen LogP contribution in [0.3, 0.4) is 0 Å². The van der Waals surface area contributed by atoms with E-state index in [-0.39, 0.29) is 12.1 Å². The maximum Gasteiger partial charge on any atom is 0.0781 e. The minimum atomic E-state index is 0.108. The molecule has 21 heavy (non-hydrogen) atoms. The first-order valence-electron chi connectivity index (χ1n) is 7.57. The largest absolute Gasteiger partial charge is 0.382 e. The Morgan fingerprint density at radius 1 is 1.05 bits per heavy atom. The van der Waals surface area contributed by atoms with Gasteiger partial charge in [0, 0.05) is 7.11 Å². The lowest BCUT2D eigenvalue weighted by Gasteiger charge is -2.21. The van der Waals surface area contributed by atoms with Crippen molar-refractivity contribution in [1.29, 1.82) is 0 Å². The molecule has 1 N–H and O–H groups in total. The summed E-state index contributed by atoms with van der Waals surface area (Å²) in [4.78, 5) is 0. The number of likely N-dealkylation sites (N-methyl/N-ethyl adjacent to an activating group) is 1. The fourth-order valence-corrected chi connectivity index (χ4v) is 2.49. The van der Waals surface area contributed by atoms with E-state index in [2.05, 4.69) is 54.7 Å². The highest BCUT2D eigenvalue weighted by Crippen LogP contribution is 2.21. The fraction of sp³-hybridized carbons (Fsp3) is 0.444. The van der Waals surface area contributed by atoms with Crippen molar-refractivity contribution in [2.75, 3.05) is 26.9 Å². The molecule has 0 aromatic heterocycles. The first-order valence-corrected chi connectivity index (χ1v) is 7.57. The lowest BCUT2D eigenvalue weighted by Crippen LogP contribution is -2.28. The van der Waals surface area contributed by atoms with E-state index < -0.39 is 0 Å². The van der Waals surface area contributed by atoms with Gasteiger partial charge in [0.15, 0.2) is 0 Å². The number of methoxy groups -OCH3 is 1. The molecule has 0 aliphatic rings. The van der Waals surface area contributed by atoms with E-state index >= 15 is 0 Å². The number of fused-ring (bicyclic) bond motifs is 1. The quantitative estimate of drug-likeness (QED) is 0.805. The minimum absolute atomic E-state index is 0.108. The molecular formula is C18H25NO2. The van der Waals surface area contributed by atoms with Gasteiger partial charge in [-0.1, -0.05) is 43.3 Å². The van der Waals surface area contributed by atoms with Gasteiger partial charge in [0.25, 0.3) is 0 Å². The topological polar surface area (TPSA) is 30.5 Å². The standard InChI is InChI=1S/C18H25NO2/c1-4-19-18(13-21-14(2)12-20-3)17-10-9-15-7-5-6-8-16(15)11-17/h5-11,14,18-19H,4,12-13H2,1-3H3. The molecular weight excluding hydrogens is 262 g/mol. The van der Waals surface area contributed by atoms with Gasteiger partial charge < -0.3 is 14.8 Å². The van der Waals surface area contributed by atoms with Crippen molar-refractivity contribution >= 4 is 10.8 Å². The average molecular weight is 287 g/mol. The van der Waals surface area contributed by atoms with Crippen LogP contribution in [0, 0.1) is 0 Å². The Morgan fingerprint density at radius 3 is 2.52 bits per heavy atom. The van der Waals surface area contributed by atoms with E-state index in [0.29, 0.717) is 13.2 Å². The summed E-state index contributed by atoms with van der Waals surface area (Å²) >= 11 is 0. The Kier molecular flexibility index (Phi) is 6.18. The SMILES string of the molecule is CCNC(COC(C)COC)c1ccc2ccccc2c1. The van der Waals surface area contributed by atoms with Crippen molar-refractivity contribution in [2.24, 2.45) is 0 Å². The van der Waals surface area contributed by atoms with E-state index in [9.17, 15) is 0 Å². The molecule has 3 nitrogen and oxygen atoms in total. The molecule has 0 aliphatic heterocycles. The van der Waals surface area contributed by atoms with Gasteiger partial charge in [-0.15, -0.1) is 0 Å². The van der Waals surface area contributed by atoms with Gasteiger partial charge in [-0.25, -0.2) is 0 Å². The number of benzene rings is 2. The molecule has 2 aromatic carbocycles. The Labute approximate surface area is 127 Å². The summed E-state index contributed by atoms with van der Waals surface area (Å²) < 4.78 is 11.0. The van der Waals surface area contributed by atoms with Crippen LogP contribution in [0.1, 0.15) is 25.5 Å². The van der Waals surface area contributed by atoms with E-state index in [1.807, 2.05) is 6.92 Å². The Hall–Kier alpha value is -1.42. The second-order valence-corrected chi connectivity index (χ2v) is 5.32. The van der Waals surface area contributed by atoms with Crippen LogP contribution in [0.4, 0.5) is 0 Å². The summed E-state index contributed by atoms with van der Waals surface area (Å²) in [5, 5.41) is 6.03. The third kappa shape index (κ3) is 4.53. The lowest BCUT2D eigenvalue weighted by molar-refractivity contribution is -0.000371. The first-order chi connectivity index (χ1) is 10.2. The van der Waals surface area contributed by atoms with Crippen LogP contribution in [0.5, 0.6) is 0 Å². The summed E-state index contributed by atoms with van der Waals surface area (Å²) in [7, 11) is 1.70. The Bertz CT molecular complexity index is 556. The van der Waals surface area contributed by atoms with E-state index in [1.165, 1.54) is 16.3 Å². The zero-order valence-electron chi connectivity index (χ0n) is 13.1. The summed E-state index contributed by atoms with van der Waals surface area (Å²) in [6.07, 6.45) is 0.108. The van der Waals surface area contributed by atoms with Crippen molar-refractivity contribution < 1.29 is 9.47 Å². The van der Waals surface area contributed by atoms with Crippen LogP contribution in [-0.2, 0) is 9.47 Å². The number of nitrogens with one attached hydrogen (secondary N) is 1. The summed E-state index contributed by atoms with van der Waals surface area (Å²) in [6.45, 7) is 6.34. The van der Waals surface area contributed by atoms with Crippen LogP contribution in [0.15, 0.2) is 42.5 Å². The molecule has 0 spiro atoms. The molecule has 0 saturated heterocycles. The third-order valence-electron chi connectivity index (χ3n) is 3.58. The van der Waals surface area contributed by atoms with Gasteiger partial charge in [-0.05, 0) is 35.9 Å². The predicted molar refractivity (Wildman–Crippen MR) is 87.7 cm³/mol. The van der Waals surface area contributed by atoms with Gasteiger partial charge in [0.1, 0.15) is 0 Å². The molecule has 2 aromatic rings. The Morgan fingerprint density at radius 2 is 1.81 bits per heavy atom.